The molecule has 2 aromatic rings. The molecule has 0 aliphatic heterocycles. The standard InChI is InChI=1S/C14H15N.2C5H8O2.2O.U/c1-2-5-13(6-3-1)7-4-8-14-9-11-15-12-10-14;2*1-4(6)3-5(2)7;;;/h1-3,5-6,9-12H,4,7-8H2;2*3,6H,1-2H3;;;/q;;;2*-2;/p-2/b;2*4-3-;;;. The molecule has 1 aromatic heterocycles. The summed E-state index contributed by atoms with van der Waals surface area (Å²) in [5.74, 6) is -0.750. The number of carbonyl (C=O) groups excluding carboxylic acids is 2. The average Bonchev–Trinajstić information content (AvgIpc) is 2.62. The number of allylic oxidation sites excluding steroid dienone is 4. The van der Waals surface area contributed by atoms with Crippen molar-refractivity contribution in [2.45, 2.75) is 47.0 Å². The maximum atomic E-state index is 9.98. The molecule has 1 aromatic carbocycles. The van der Waals surface area contributed by atoms with Crippen LogP contribution in [0.2, 0.25) is 0 Å². The molecule has 0 aliphatic carbocycles. The maximum absolute atomic E-state index is 9.98. The Morgan fingerprint density at radius 1 is 0.750 bits per heavy atom. The smallest absolute Gasteiger partial charge is 0.151 e. The molecule has 0 spiro atoms. The molecule has 0 unspecified atom stereocenters. The van der Waals surface area contributed by atoms with Gasteiger partial charge in [-0.3, -0.25) is 14.6 Å². The Morgan fingerprint density at radius 3 is 1.44 bits per heavy atom. The molecule has 0 saturated heterocycles. The van der Waals surface area contributed by atoms with Crippen LogP contribution in [-0.4, -0.2) is 16.6 Å². The summed E-state index contributed by atoms with van der Waals surface area (Å²) in [7, 11) is 0. The fraction of sp³-hybridized carbons (Fsp3) is 0.292. The van der Waals surface area contributed by atoms with E-state index in [2.05, 4.69) is 47.4 Å². The predicted molar refractivity (Wildman–Crippen MR) is 113 cm³/mol. The Hall–Kier alpha value is -2.24. The summed E-state index contributed by atoms with van der Waals surface area (Å²) in [6.07, 6.45) is 9.32. The molecular formula is C24H29NO6U-6. The largest absolute Gasteiger partial charge is 2.00 e. The Bertz CT molecular complexity index is 717. The van der Waals surface area contributed by atoms with E-state index in [0.717, 1.165) is 25.0 Å². The summed E-state index contributed by atoms with van der Waals surface area (Å²) >= 11 is 0. The van der Waals surface area contributed by atoms with E-state index in [9.17, 15) is 19.8 Å². The van der Waals surface area contributed by atoms with Crippen LogP contribution in [0.1, 0.15) is 45.2 Å². The summed E-state index contributed by atoms with van der Waals surface area (Å²) in [5, 5.41) is 20.0. The zero-order valence-corrected chi connectivity index (χ0v) is 23.0. The summed E-state index contributed by atoms with van der Waals surface area (Å²) in [4.78, 5) is 24.0. The predicted octanol–water partition coefficient (Wildman–Crippen LogP) is 2.70. The summed E-state index contributed by atoms with van der Waals surface area (Å²) in [5.41, 5.74) is 2.80. The molecule has 32 heavy (non-hydrogen) atoms. The Labute approximate surface area is 214 Å². The van der Waals surface area contributed by atoms with Crippen LogP contribution in [0.3, 0.4) is 0 Å². The van der Waals surface area contributed by atoms with Crippen LogP contribution in [0, 0.1) is 31.1 Å². The molecule has 176 valence electrons. The first-order valence-corrected chi connectivity index (χ1v) is 9.35. The zero-order valence-electron chi connectivity index (χ0n) is 18.9. The Kier molecular flexibility index (Phi) is 27.2. The van der Waals surface area contributed by atoms with Crippen molar-refractivity contribution in [3.63, 3.8) is 0 Å². The number of aromatic nitrogens is 1. The molecule has 0 atom stereocenters. The number of nitrogens with zero attached hydrogens (tertiary/aromatic N) is 1. The van der Waals surface area contributed by atoms with Gasteiger partial charge in [-0.1, -0.05) is 44.2 Å². The molecule has 0 radical (unpaired) electrons. The van der Waals surface area contributed by atoms with Crippen LogP contribution in [0.5, 0.6) is 0 Å². The summed E-state index contributed by atoms with van der Waals surface area (Å²) in [6, 6.07) is 14.8. The number of pyridine rings is 1. The van der Waals surface area contributed by atoms with E-state index in [1.165, 1.54) is 45.2 Å². The van der Waals surface area contributed by atoms with E-state index >= 15 is 0 Å². The van der Waals surface area contributed by atoms with Gasteiger partial charge in [0.05, 0.1) is 0 Å². The van der Waals surface area contributed by atoms with Crippen molar-refractivity contribution in [2.75, 3.05) is 0 Å². The fourth-order valence-corrected chi connectivity index (χ4v) is 2.26. The van der Waals surface area contributed by atoms with Crippen molar-refractivity contribution in [1.29, 1.82) is 0 Å². The van der Waals surface area contributed by atoms with Crippen LogP contribution in [-0.2, 0) is 33.4 Å². The number of benzene rings is 1. The molecule has 8 heteroatoms. The van der Waals surface area contributed by atoms with Crippen LogP contribution in [0.15, 0.2) is 78.5 Å². The van der Waals surface area contributed by atoms with Gasteiger partial charge in [-0.25, -0.2) is 0 Å². The van der Waals surface area contributed by atoms with Gasteiger partial charge in [0.1, 0.15) is 0 Å². The molecule has 0 N–H and O–H groups in total. The number of carbonyl (C=O) groups is 2. The number of hydrogen-bond donors (Lipinski definition) is 0. The van der Waals surface area contributed by atoms with E-state index in [1.807, 2.05) is 12.4 Å². The first-order chi connectivity index (χ1) is 13.7. The van der Waals surface area contributed by atoms with Crippen LogP contribution in [0.4, 0.5) is 0 Å². The molecule has 2 rings (SSSR count). The second-order valence-corrected chi connectivity index (χ2v) is 6.43. The normalized spacial score (nSPS) is 9.75. The van der Waals surface area contributed by atoms with Gasteiger partial charge < -0.3 is 21.2 Å². The van der Waals surface area contributed by atoms with Crippen molar-refractivity contribution < 1.29 is 61.9 Å². The van der Waals surface area contributed by atoms with Crippen molar-refractivity contribution in [1.82, 2.24) is 4.98 Å². The molecule has 1 heterocycles. The zero-order chi connectivity index (χ0) is 22.1. The number of aryl methyl sites for hydroxylation is 2. The second-order valence-electron chi connectivity index (χ2n) is 6.43. The first-order valence-electron chi connectivity index (χ1n) is 9.35. The first kappa shape index (κ1) is 37.1. The van der Waals surface area contributed by atoms with E-state index in [4.69, 9.17) is 0 Å². The Balaban J connectivity index is -0.000000199. The quantitative estimate of drug-likeness (QED) is 0.344. The van der Waals surface area contributed by atoms with E-state index < -0.39 is 0 Å². The van der Waals surface area contributed by atoms with Gasteiger partial charge >= 0.3 is 0 Å². The molecule has 0 saturated carbocycles. The van der Waals surface area contributed by atoms with Crippen LogP contribution < -0.4 is 10.2 Å². The van der Waals surface area contributed by atoms with Crippen molar-refractivity contribution in [2.24, 2.45) is 0 Å². The topological polar surface area (TPSA) is 150 Å². The summed E-state index contributed by atoms with van der Waals surface area (Å²) < 4.78 is 0. The third-order valence-corrected chi connectivity index (χ3v) is 3.34. The van der Waals surface area contributed by atoms with Crippen LogP contribution >= 0.6 is 0 Å². The SMILES string of the molecule is CC(=O)/C=C(/C)[O-].CC(=O)/C=C(/C)[O-].[O-2].[O-2].[U].c1ccc(CCCc2ccncc2)cc1. The van der Waals surface area contributed by atoms with Gasteiger partial charge in [-0.05, 0) is 68.5 Å². The van der Waals surface area contributed by atoms with Gasteiger partial charge in [-0.15, -0.1) is 11.5 Å². The van der Waals surface area contributed by atoms with Gasteiger partial charge in [0.25, 0.3) is 0 Å². The number of rotatable bonds is 6. The molecule has 0 aliphatic rings. The minimum atomic E-state index is -0.187. The molecular weight excluding hydrogens is 636 g/mol. The van der Waals surface area contributed by atoms with E-state index in [0.29, 0.717) is 0 Å². The van der Waals surface area contributed by atoms with Gasteiger partial charge in [-0.2, -0.15) is 0 Å². The Morgan fingerprint density at radius 2 is 1.12 bits per heavy atom. The summed E-state index contributed by atoms with van der Waals surface area (Å²) in [6.45, 7) is 5.39. The minimum Gasteiger partial charge on any atom is -2.00 e. The monoisotopic (exact) mass is 665 g/mol. The molecule has 0 fully saturated rings. The van der Waals surface area contributed by atoms with E-state index in [1.54, 1.807) is 0 Å². The third kappa shape index (κ3) is 25.8. The van der Waals surface area contributed by atoms with Gasteiger partial charge in [0, 0.05) is 43.5 Å². The molecule has 0 amide bonds. The average molecular weight is 666 g/mol. The molecule has 0 bridgehead atoms. The van der Waals surface area contributed by atoms with Gasteiger partial charge in [0.2, 0.25) is 0 Å². The molecule has 7 nitrogen and oxygen atoms in total. The van der Waals surface area contributed by atoms with Gasteiger partial charge in [0.15, 0.2) is 11.6 Å². The maximum Gasteiger partial charge on any atom is 0.151 e. The fourth-order valence-electron chi connectivity index (χ4n) is 2.26. The third-order valence-electron chi connectivity index (χ3n) is 3.34. The van der Waals surface area contributed by atoms with Crippen molar-refractivity contribution in [3.05, 3.63) is 89.7 Å². The van der Waals surface area contributed by atoms with Crippen molar-refractivity contribution >= 4 is 11.6 Å². The second kappa shape index (κ2) is 23.4. The van der Waals surface area contributed by atoms with Crippen LogP contribution in [0.25, 0.3) is 0 Å². The minimum absolute atomic E-state index is 0. The van der Waals surface area contributed by atoms with E-state index in [-0.39, 0.29) is 65.2 Å². The number of ketones is 2. The number of hydrogen-bond acceptors (Lipinski definition) is 5. The van der Waals surface area contributed by atoms with Crippen molar-refractivity contribution in [3.8, 4) is 0 Å².